The van der Waals surface area contributed by atoms with Crippen molar-refractivity contribution in [2.24, 2.45) is 5.73 Å². The van der Waals surface area contributed by atoms with Crippen LogP contribution in [0.2, 0.25) is 0 Å². The van der Waals surface area contributed by atoms with Crippen molar-refractivity contribution in [3.63, 3.8) is 0 Å². The third-order valence-corrected chi connectivity index (χ3v) is 3.31. The summed E-state index contributed by atoms with van der Waals surface area (Å²) < 4.78 is 0. The molecule has 0 spiro atoms. The fourth-order valence-corrected chi connectivity index (χ4v) is 1.55. The predicted octanol–water partition coefficient (Wildman–Crippen LogP) is 1.15. The number of amides is 2. The molecule has 1 atom stereocenters. The average molecular weight is 412 g/mol. The summed E-state index contributed by atoms with van der Waals surface area (Å²) >= 11 is 0. The van der Waals surface area contributed by atoms with Gasteiger partial charge in [-0.25, -0.2) is 0 Å². The van der Waals surface area contributed by atoms with Crippen molar-refractivity contribution in [3.8, 4) is 0 Å². The van der Waals surface area contributed by atoms with Crippen LogP contribution in [0.3, 0.4) is 0 Å². The van der Waals surface area contributed by atoms with Crippen molar-refractivity contribution < 1.29 is 39.3 Å². The van der Waals surface area contributed by atoms with Crippen molar-refractivity contribution in [1.82, 2.24) is 4.90 Å². The number of carboxylic acid groups (broad SMARTS) is 3. The summed E-state index contributed by atoms with van der Waals surface area (Å²) in [7, 11) is 3.20. The van der Waals surface area contributed by atoms with E-state index in [2.05, 4.69) is 5.73 Å². The van der Waals surface area contributed by atoms with E-state index in [0.717, 1.165) is 5.56 Å². The maximum atomic E-state index is 10.7. The van der Waals surface area contributed by atoms with Gasteiger partial charge in [-0.3, -0.25) is 24.0 Å². The minimum Gasteiger partial charge on any atom is -0.481 e. The molecule has 0 heterocycles. The molecule has 0 aliphatic rings. The SMILES string of the molecule is CC(C(=O)O)c1ccccc1.CN(C)C(=O)CCC(=O)O.NC(=O)CCC(=O)O. The highest BCUT2D eigenvalue weighted by atomic mass is 16.4. The molecule has 0 radical (unpaired) electrons. The van der Waals surface area contributed by atoms with Crippen LogP contribution in [0, 0.1) is 0 Å². The highest BCUT2D eigenvalue weighted by Gasteiger charge is 2.11. The normalized spacial score (nSPS) is 10.2. The van der Waals surface area contributed by atoms with Gasteiger partial charge >= 0.3 is 17.9 Å². The monoisotopic (exact) mass is 412 g/mol. The van der Waals surface area contributed by atoms with Gasteiger partial charge in [0.1, 0.15) is 0 Å². The molecule has 1 aromatic carbocycles. The Morgan fingerprint density at radius 3 is 1.62 bits per heavy atom. The fourth-order valence-electron chi connectivity index (χ4n) is 1.55. The van der Waals surface area contributed by atoms with Crippen LogP contribution in [0.1, 0.15) is 44.1 Å². The summed E-state index contributed by atoms with van der Waals surface area (Å²) in [5, 5.41) is 24.8. The number of nitrogens with zero attached hydrogens (tertiary/aromatic N) is 1. The molecule has 0 fully saturated rings. The molecule has 5 N–H and O–H groups in total. The molecular formula is C19H28N2O8. The first-order valence-electron chi connectivity index (χ1n) is 8.58. The lowest BCUT2D eigenvalue weighted by Crippen LogP contribution is -2.22. The van der Waals surface area contributed by atoms with Gasteiger partial charge in [-0.05, 0) is 12.5 Å². The van der Waals surface area contributed by atoms with E-state index in [1.54, 1.807) is 21.0 Å². The lowest BCUT2D eigenvalue weighted by atomic mass is 10.0. The van der Waals surface area contributed by atoms with Crippen molar-refractivity contribution in [2.75, 3.05) is 14.1 Å². The summed E-state index contributed by atoms with van der Waals surface area (Å²) in [6.07, 6.45) is -0.246. The zero-order valence-corrected chi connectivity index (χ0v) is 16.7. The van der Waals surface area contributed by atoms with Gasteiger partial charge in [0.25, 0.3) is 0 Å². The van der Waals surface area contributed by atoms with Crippen LogP contribution in [-0.4, -0.2) is 64.0 Å². The smallest absolute Gasteiger partial charge is 0.310 e. The lowest BCUT2D eigenvalue weighted by molar-refractivity contribution is -0.140. The number of hydrogen-bond donors (Lipinski definition) is 4. The molecule has 162 valence electrons. The highest BCUT2D eigenvalue weighted by molar-refractivity contribution is 5.80. The quantitative estimate of drug-likeness (QED) is 0.491. The number of hydrogen-bond acceptors (Lipinski definition) is 5. The van der Waals surface area contributed by atoms with Gasteiger partial charge in [-0.15, -0.1) is 0 Å². The van der Waals surface area contributed by atoms with E-state index in [1.807, 2.05) is 30.3 Å². The molecule has 0 saturated heterocycles. The van der Waals surface area contributed by atoms with Crippen molar-refractivity contribution in [1.29, 1.82) is 0 Å². The van der Waals surface area contributed by atoms with E-state index >= 15 is 0 Å². The molecule has 10 nitrogen and oxygen atoms in total. The summed E-state index contributed by atoms with van der Waals surface area (Å²) in [4.78, 5) is 52.1. The average Bonchev–Trinajstić information content (AvgIpc) is 2.65. The Morgan fingerprint density at radius 2 is 1.31 bits per heavy atom. The molecule has 0 aliphatic heterocycles. The Kier molecular flexibility index (Phi) is 15.0. The van der Waals surface area contributed by atoms with E-state index in [9.17, 15) is 24.0 Å². The molecule has 1 unspecified atom stereocenters. The van der Waals surface area contributed by atoms with E-state index in [0.29, 0.717) is 0 Å². The van der Waals surface area contributed by atoms with Gasteiger partial charge in [0.15, 0.2) is 0 Å². The lowest BCUT2D eigenvalue weighted by Gasteiger charge is -2.07. The maximum Gasteiger partial charge on any atom is 0.310 e. The van der Waals surface area contributed by atoms with Crippen LogP contribution in [0.25, 0.3) is 0 Å². The molecule has 0 saturated carbocycles. The van der Waals surface area contributed by atoms with Crippen molar-refractivity contribution in [2.45, 2.75) is 38.5 Å². The number of rotatable bonds is 8. The zero-order chi connectivity index (χ0) is 23.0. The van der Waals surface area contributed by atoms with E-state index in [1.165, 1.54) is 4.90 Å². The molecule has 0 aliphatic carbocycles. The largest absolute Gasteiger partial charge is 0.481 e. The molecule has 0 aromatic heterocycles. The minimum absolute atomic E-state index is 0.0741. The van der Waals surface area contributed by atoms with E-state index < -0.39 is 29.7 Å². The Morgan fingerprint density at radius 1 is 0.862 bits per heavy atom. The van der Waals surface area contributed by atoms with E-state index in [-0.39, 0.29) is 31.6 Å². The molecular weight excluding hydrogens is 384 g/mol. The van der Waals surface area contributed by atoms with Crippen LogP contribution >= 0.6 is 0 Å². The number of carbonyl (C=O) groups is 5. The first-order valence-corrected chi connectivity index (χ1v) is 8.58. The molecule has 1 aromatic rings. The van der Waals surface area contributed by atoms with Crippen LogP contribution in [0.15, 0.2) is 30.3 Å². The van der Waals surface area contributed by atoms with Crippen molar-refractivity contribution >= 4 is 29.7 Å². The number of carboxylic acids is 3. The third-order valence-electron chi connectivity index (χ3n) is 3.31. The van der Waals surface area contributed by atoms with Gasteiger partial charge in [-0.2, -0.15) is 0 Å². The summed E-state index contributed by atoms with van der Waals surface area (Å²) in [5.41, 5.74) is 5.49. The van der Waals surface area contributed by atoms with Crippen LogP contribution in [-0.2, 0) is 24.0 Å². The van der Waals surface area contributed by atoms with Gasteiger partial charge in [0, 0.05) is 26.9 Å². The number of primary amides is 1. The maximum absolute atomic E-state index is 10.7. The second kappa shape index (κ2) is 15.6. The standard InChI is InChI=1S/C9H10O2.C6H11NO3.C4H7NO3/c1-7(9(10)11)8-5-3-2-4-6-8;1-7(2)5(8)3-4-6(9)10;5-3(6)1-2-4(7)8/h2-7H,1H3,(H,10,11);3-4H2,1-2H3,(H,9,10);1-2H2,(H2,5,6)(H,7,8). The molecule has 10 heteroatoms. The van der Waals surface area contributed by atoms with Gasteiger partial charge in [-0.1, -0.05) is 30.3 Å². The molecule has 0 bridgehead atoms. The zero-order valence-electron chi connectivity index (χ0n) is 16.7. The summed E-state index contributed by atoms with van der Waals surface area (Å²) in [6.45, 7) is 1.68. The van der Waals surface area contributed by atoms with Gasteiger partial charge < -0.3 is 26.0 Å². The van der Waals surface area contributed by atoms with Crippen LogP contribution in [0.5, 0.6) is 0 Å². The Balaban J connectivity index is 0. The summed E-state index contributed by atoms with van der Waals surface area (Å²) in [6, 6.07) is 9.19. The van der Waals surface area contributed by atoms with Gasteiger partial charge in [0.05, 0.1) is 18.8 Å². The second-order valence-corrected chi connectivity index (χ2v) is 6.01. The first-order chi connectivity index (χ1) is 13.4. The number of carbonyl (C=O) groups excluding carboxylic acids is 2. The van der Waals surface area contributed by atoms with Gasteiger partial charge in [0.2, 0.25) is 11.8 Å². The third kappa shape index (κ3) is 17.7. The van der Waals surface area contributed by atoms with Crippen LogP contribution in [0.4, 0.5) is 0 Å². The molecule has 29 heavy (non-hydrogen) atoms. The van der Waals surface area contributed by atoms with Crippen molar-refractivity contribution in [3.05, 3.63) is 35.9 Å². The minimum atomic E-state index is -0.996. The summed E-state index contributed by atoms with van der Waals surface area (Å²) in [5.74, 6) is -3.85. The Bertz CT molecular complexity index is 660. The molecule has 1 rings (SSSR count). The van der Waals surface area contributed by atoms with Crippen LogP contribution < -0.4 is 5.73 Å². The number of aliphatic carboxylic acids is 3. The molecule has 2 amide bonds. The Labute approximate surface area is 168 Å². The second-order valence-electron chi connectivity index (χ2n) is 6.01. The topological polar surface area (TPSA) is 175 Å². The first kappa shape index (κ1) is 27.8. The van der Waals surface area contributed by atoms with E-state index in [4.69, 9.17) is 15.3 Å². The number of benzene rings is 1. The number of nitrogens with two attached hydrogens (primary N) is 1. The highest BCUT2D eigenvalue weighted by Crippen LogP contribution is 2.13. The predicted molar refractivity (Wildman–Crippen MR) is 104 cm³/mol. The Hall–Kier alpha value is -3.43. The fraction of sp³-hybridized carbons (Fsp3) is 0.421.